The highest BCUT2D eigenvalue weighted by Gasteiger charge is 2.05. The minimum Gasteiger partial charge on any atom is -0.355 e. The largest absolute Gasteiger partial charge is 0.355 e. The van der Waals surface area contributed by atoms with Gasteiger partial charge in [-0.3, -0.25) is 0 Å². The minimum absolute atomic E-state index is 0.668. The lowest BCUT2D eigenvalue weighted by atomic mass is 10.0. The van der Waals surface area contributed by atoms with Gasteiger partial charge >= 0.3 is 0 Å². The normalized spacial score (nSPS) is 19.9. The lowest BCUT2D eigenvalue weighted by Gasteiger charge is -2.04. The van der Waals surface area contributed by atoms with E-state index in [0.717, 1.165) is 6.42 Å². The van der Waals surface area contributed by atoms with Crippen molar-refractivity contribution in [3.05, 3.63) is 34.8 Å². The molecule has 3 rings (SSSR count). The van der Waals surface area contributed by atoms with E-state index in [1.165, 1.54) is 21.5 Å². The lowest BCUT2D eigenvalue weighted by molar-refractivity contribution is 0.799. The Morgan fingerprint density at radius 3 is 3.07 bits per heavy atom. The van der Waals surface area contributed by atoms with Gasteiger partial charge < -0.3 is 4.98 Å². The van der Waals surface area contributed by atoms with Crippen molar-refractivity contribution in [2.45, 2.75) is 13.3 Å². The fraction of sp³-hybridized carbons (Fsp3) is 0.231. The molecule has 0 saturated carbocycles. The first kappa shape index (κ1) is 7.86. The molecule has 1 aliphatic rings. The summed E-state index contributed by atoms with van der Waals surface area (Å²) in [4.78, 5) is 3.45. The van der Waals surface area contributed by atoms with Crippen LogP contribution in [-0.2, 0) is 0 Å². The van der Waals surface area contributed by atoms with Gasteiger partial charge in [0.05, 0.1) is 0 Å². The van der Waals surface area contributed by atoms with Crippen LogP contribution in [0.15, 0.2) is 24.3 Å². The molecule has 0 saturated heterocycles. The van der Waals surface area contributed by atoms with Gasteiger partial charge in [-0.05, 0) is 18.4 Å². The lowest BCUT2D eigenvalue weighted by Crippen LogP contribution is -2.26. The maximum atomic E-state index is 3.45. The first-order chi connectivity index (χ1) is 6.84. The fourth-order valence-corrected chi connectivity index (χ4v) is 2.18. The van der Waals surface area contributed by atoms with E-state index in [4.69, 9.17) is 0 Å². The highest BCUT2D eigenvalue weighted by molar-refractivity contribution is 5.81. The van der Waals surface area contributed by atoms with Gasteiger partial charge in [0, 0.05) is 21.5 Å². The van der Waals surface area contributed by atoms with Crippen molar-refractivity contribution >= 4 is 23.1 Å². The Morgan fingerprint density at radius 1 is 1.29 bits per heavy atom. The predicted octanol–water partition coefficient (Wildman–Crippen LogP) is 1.77. The molecule has 1 aromatic heterocycles. The number of nitrogens with one attached hydrogen (secondary N) is 1. The summed E-state index contributed by atoms with van der Waals surface area (Å²) in [6, 6.07) is 8.50. The molecule has 0 bridgehead atoms. The highest BCUT2D eigenvalue weighted by Crippen LogP contribution is 2.10. The number of H-pyrrole nitrogens is 1. The van der Waals surface area contributed by atoms with Gasteiger partial charge in [0.1, 0.15) is 0 Å². The Balaban J connectivity index is 2.54. The summed E-state index contributed by atoms with van der Waals surface area (Å²) < 4.78 is 0. The van der Waals surface area contributed by atoms with Gasteiger partial charge in [0.15, 0.2) is 0 Å². The van der Waals surface area contributed by atoms with Crippen LogP contribution in [0.5, 0.6) is 0 Å². The number of hydrogen-bond acceptors (Lipinski definition) is 0. The predicted molar refractivity (Wildman–Crippen MR) is 60.3 cm³/mol. The van der Waals surface area contributed by atoms with E-state index in [2.05, 4.69) is 48.3 Å². The first-order valence-electron chi connectivity index (χ1n) is 5.13. The van der Waals surface area contributed by atoms with E-state index in [-0.39, 0.29) is 0 Å². The minimum atomic E-state index is 0.668. The second kappa shape index (κ2) is 2.74. The molecule has 70 valence electrons. The Hall–Kier alpha value is -1.50. The maximum Gasteiger partial charge on any atom is 0.0464 e. The Bertz CT molecular complexity index is 589. The van der Waals surface area contributed by atoms with Crippen LogP contribution in [0.1, 0.15) is 13.3 Å². The van der Waals surface area contributed by atoms with Crippen LogP contribution in [0.25, 0.3) is 23.1 Å². The van der Waals surface area contributed by atoms with Crippen LogP contribution in [0, 0.1) is 5.92 Å². The van der Waals surface area contributed by atoms with Crippen molar-refractivity contribution in [2.75, 3.05) is 0 Å². The molecule has 0 radical (unpaired) electrons. The van der Waals surface area contributed by atoms with Crippen molar-refractivity contribution in [2.24, 2.45) is 5.92 Å². The molecule has 14 heavy (non-hydrogen) atoms. The van der Waals surface area contributed by atoms with Crippen molar-refractivity contribution < 1.29 is 0 Å². The Kier molecular flexibility index (Phi) is 1.54. The van der Waals surface area contributed by atoms with E-state index >= 15 is 0 Å². The SMILES string of the molecule is CC1C=c2c([nH]c3ccccc23)=CC1. The third-order valence-corrected chi connectivity index (χ3v) is 2.92. The zero-order valence-electron chi connectivity index (χ0n) is 8.25. The summed E-state index contributed by atoms with van der Waals surface area (Å²) in [5, 5.41) is 4.04. The van der Waals surface area contributed by atoms with Crippen molar-refractivity contribution in [3.8, 4) is 0 Å². The number of benzene rings is 1. The molecule has 0 amide bonds. The summed E-state index contributed by atoms with van der Waals surface area (Å²) in [6.45, 7) is 2.27. The standard InChI is InChI=1S/C13H13N/c1-9-6-7-13-11(8-9)10-4-2-3-5-12(10)14-13/h2-5,7-9,14H,6H2,1H3. The average molecular weight is 183 g/mol. The van der Waals surface area contributed by atoms with Crippen LogP contribution in [-0.4, -0.2) is 4.98 Å². The smallest absolute Gasteiger partial charge is 0.0464 e. The molecular formula is C13H13N. The van der Waals surface area contributed by atoms with Crippen LogP contribution in [0.2, 0.25) is 0 Å². The Morgan fingerprint density at radius 2 is 2.14 bits per heavy atom. The molecule has 0 spiro atoms. The molecule has 0 aliphatic heterocycles. The topological polar surface area (TPSA) is 15.8 Å². The van der Waals surface area contributed by atoms with Crippen molar-refractivity contribution in [1.82, 2.24) is 4.98 Å². The van der Waals surface area contributed by atoms with E-state index in [9.17, 15) is 0 Å². The van der Waals surface area contributed by atoms with Crippen molar-refractivity contribution in [1.29, 1.82) is 0 Å². The zero-order valence-corrected chi connectivity index (χ0v) is 8.25. The molecule has 1 heterocycles. The summed E-state index contributed by atoms with van der Waals surface area (Å²) in [5.74, 6) is 0.668. The second-order valence-corrected chi connectivity index (χ2v) is 4.08. The zero-order chi connectivity index (χ0) is 9.54. The maximum absolute atomic E-state index is 3.45. The molecule has 1 aromatic carbocycles. The number of para-hydroxylation sites is 1. The molecule has 1 heteroatoms. The summed E-state index contributed by atoms with van der Waals surface area (Å²) in [6.07, 6.45) is 5.83. The second-order valence-electron chi connectivity index (χ2n) is 4.08. The number of rotatable bonds is 0. The molecule has 1 aliphatic carbocycles. The summed E-state index contributed by atoms with van der Waals surface area (Å²) in [7, 11) is 0. The van der Waals surface area contributed by atoms with Gasteiger partial charge in [0.25, 0.3) is 0 Å². The number of aromatic amines is 1. The molecule has 1 atom stereocenters. The molecule has 2 aromatic rings. The quantitative estimate of drug-likeness (QED) is 0.640. The molecular weight excluding hydrogens is 170 g/mol. The number of aromatic nitrogens is 1. The Labute approximate surface area is 82.8 Å². The van der Waals surface area contributed by atoms with Gasteiger partial charge in [-0.25, -0.2) is 0 Å². The average Bonchev–Trinajstić information content (AvgIpc) is 2.56. The fourth-order valence-electron chi connectivity index (χ4n) is 2.18. The third-order valence-electron chi connectivity index (χ3n) is 2.92. The molecule has 1 N–H and O–H groups in total. The van der Waals surface area contributed by atoms with Gasteiger partial charge in [-0.2, -0.15) is 0 Å². The molecule has 1 nitrogen and oxygen atoms in total. The van der Waals surface area contributed by atoms with Gasteiger partial charge in [-0.15, -0.1) is 0 Å². The number of hydrogen-bond donors (Lipinski definition) is 1. The van der Waals surface area contributed by atoms with E-state index in [1.54, 1.807) is 0 Å². The van der Waals surface area contributed by atoms with E-state index in [1.807, 2.05) is 0 Å². The van der Waals surface area contributed by atoms with Crippen LogP contribution >= 0.6 is 0 Å². The highest BCUT2D eigenvalue weighted by atomic mass is 14.7. The van der Waals surface area contributed by atoms with Gasteiger partial charge in [0.2, 0.25) is 0 Å². The van der Waals surface area contributed by atoms with Crippen molar-refractivity contribution in [3.63, 3.8) is 0 Å². The third kappa shape index (κ3) is 1.02. The van der Waals surface area contributed by atoms with Crippen LogP contribution in [0.4, 0.5) is 0 Å². The van der Waals surface area contributed by atoms with Crippen LogP contribution < -0.4 is 10.6 Å². The van der Waals surface area contributed by atoms with E-state index < -0.39 is 0 Å². The van der Waals surface area contributed by atoms with E-state index in [0.29, 0.717) is 5.92 Å². The first-order valence-corrected chi connectivity index (χ1v) is 5.13. The monoisotopic (exact) mass is 183 g/mol. The number of fused-ring (bicyclic) bond motifs is 3. The molecule has 0 fully saturated rings. The summed E-state index contributed by atoms with van der Waals surface area (Å²) >= 11 is 0. The van der Waals surface area contributed by atoms with Gasteiger partial charge in [-0.1, -0.05) is 37.3 Å². The van der Waals surface area contributed by atoms with Crippen LogP contribution in [0.3, 0.4) is 0 Å². The summed E-state index contributed by atoms with van der Waals surface area (Å²) in [5.41, 5.74) is 1.25. The molecule has 1 unspecified atom stereocenters.